The molecule has 0 spiro atoms. The summed E-state index contributed by atoms with van der Waals surface area (Å²) < 4.78 is 0. The van der Waals surface area contributed by atoms with Gasteiger partial charge in [-0.15, -0.1) is 0 Å². The third kappa shape index (κ3) is 2.42. The maximum absolute atomic E-state index is 11.5. The summed E-state index contributed by atoms with van der Waals surface area (Å²) in [4.78, 5) is 18.3. The van der Waals surface area contributed by atoms with Gasteiger partial charge in [0.2, 0.25) is 5.91 Å². The van der Waals surface area contributed by atoms with Crippen LogP contribution in [0.25, 0.3) is 0 Å². The Bertz CT molecular complexity index is 514. The van der Waals surface area contributed by atoms with Crippen LogP contribution in [0, 0.1) is 19.3 Å². The highest BCUT2D eigenvalue weighted by Gasteiger charge is 2.39. The number of nitrogens with two attached hydrogens (primary N) is 2. The molecule has 5 heteroatoms. The molecule has 2 heterocycles. The smallest absolute Gasteiger partial charge is 0.225 e. The number of carbonyl (C=O) groups excluding carboxylic acids is 1. The van der Waals surface area contributed by atoms with E-state index in [4.69, 9.17) is 11.5 Å². The van der Waals surface area contributed by atoms with Gasteiger partial charge in [-0.05, 0) is 38.8 Å². The number of aromatic nitrogens is 1. The van der Waals surface area contributed by atoms with Crippen molar-refractivity contribution in [1.29, 1.82) is 0 Å². The molecule has 2 rings (SSSR count). The maximum atomic E-state index is 11.5. The summed E-state index contributed by atoms with van der Waals surface area (Å²) in [5, 5.41) is 0. The van der Waals surface area contributed by atoms with Gasteiger partial charge in [-0.3, -0.25) is 4.79 Å². The van der Waals surface area contributed by atoms with E-state index in [1.54, 1.807) is 0 Å². The Hall–Kier alpha value is -1.62. The van der Waals surface area contributed by atoms with Gasteiger partial charge in [-0.1, -0.05) is 0 Å². The van der Waals surface area contributed by atoms with Crippen LogP contribution in [0.2, 0.25) is 0 Å². The first-order chi connectivity index (χ1) is 8.87. The molecular formula is C14H22N4O. The standard InChI is InChI=1S/C14H22N4O/c1-9-6-10(2)17-12(11(9)7-15)18-5-4-14(3,8-18)13(16)19/h6H,4-5,7-8,15H2,1-3H3,(H2,16,19). The number of carbonyl (C=O) groups is 1. The minimum Gasteiger partial charge on any atom is -0.369 e. The Balaban J connectivity index is 2.36. The molecule has 1 aliphatic heterocycles. The lowest BCUT2D eigenvalue weighted by atomic mass is 9.89. The molecule has 104 valence electrons. The molecule has 0 radical (unpaired) electrons. The third-order valence-corrected chi connectivity index (χ3v) is 4.03. The van der Waals surface area contributed by atoms with Crippen LogP contribution in [0.4, 0.5) is 5.82 Å². The second-order valence-electron chi connectivity index (χ2n) is 5.68. The first kappa shape index (κ1) is 13.8. The third-order valence-electron chi connectivity index (χ3n) is 4.03. The van der Waals surface area contributed by atoms with E-state index in [9.17, 15) is 4.79 Å². The van der Waals surface area contributed by atoms with Crippen molar-refractivity contribution in [2.45, 2.75) is 33.7 Å². The molecule has 0 saturated carbocycles. The lowest BCUT2D eigenvalue weighted by Crippen LogP contribution is -2.37. The SMILES string of the molecule is Cc1cc(C)c(CN)c(N2CCC(C)(C(N)=O)C2)n1. The van der Waals surface area contributed by atoms with Crippen molar-refractivity contribution in [2.75, 3.05) is 18.0 Å². The van der Waals surface area contributed by atoms with Crippen LogP contribution in [-0.2, 0) is 11.3 Å². The molecule has 1 aromatic heterocycles. The topological polar surface area (TPSA) is 85.2 Å². The molecule has 4 N–H and O–H groups in total. The largest absolute Gasteiger partial charge is 0.369 e. The van der Waals surface area contributed by atoms with E-state index in [2.05, 4.69) is 9.88 Å². The van der Waals surface area contributed by atoms with Crippen molar-refractivity contribution in [3.63, 3.8) is 0 Å². The van der Waals surface area contributed by atoms with Crippen molar-refractivity contribution in [1.82, 2.24) is 4.98 Å². The zero-order chi connectivity index (χ0) is 14.2. The molecule has 0 aliphatic carbocycles. The van der Waals surface area contributed by atoms with E-state index in [1.165, 1.54) is 0 Å². The maximum Gasteiger partial charge on any atom is 0.225 e. The Morgan fingerprint density at radius 2 is 2.21 bits per heavy atom. The predicted octanol–water partition coefficient (Wildman–Crippen LogP) is 0.859. The number of hydrogen-bond donors (Lipinski definition) is 2. The van der Waals surface area contributed by atoms with Crippen LogP contribution in [0.15, 0.2) is 6.07 Å². The van der Waals surface area contributed by atoms with Crippen LogP contribution in [-0.4, -0.2) is 24.0 Å². The van der Waals surface area contributed by atoms with Gasteiger partial charge in [0.25, 0.3) is 0 Å². The highest BCUT2D eigenvalue weighted by Crippen LogP contribution is 2.34. The number of nitrogens with zero attached hydrogens (tertiary/aromatic N) is 2. The van der Waals surface area contributed by atoms with E-state index < -0.39 is 5.41 Å². The molecular weight excluding hydrogens is 240 g/mol. The molecule has 5 nitrogen and oxygen atoms in total. The van der Waals surface area contributed by atoms with Crippen molar-refractivity contribution < 1.29 is 4.79 Å². The molecule has 0 aromatic carbocycles. The second kappa shape index (κ2) is 4.81. The van der Waals surface area contributed by atoms with Gasteiger partial charge in [0.1, 0.15) is 5.82 Å². The Morgan fingerprint density at radius 1 is 1.53 bits per heavy atom. The van der Waals surface area contributed by atoms with Gasteiger partial charge in [-0.2, -0.15) is 0 Å². The van der Waals surface area contributed by atoms with Crippen molar-refractivity contribution >= 4 is 11.7 Å². The van der Waals surface area contributed by atoms with E-state index >= 15 is 0 Å². The van der Waals surface area contributed by atoms with E-state index in [0.29, 0.717) is 13.1 Å². The molecule has 1 saturated heterocycles. The van der Waals surface area contributed by atoms with Crippen molar-refractivity contribution in [3.05, 3.63) is 22.9 Å². The minimum absolute atomic E-state index is 0.242. The average Bonchev–Trinajstić information content (AvgIpc) is 2.72. The van der Waals surface area contributed by atoms with Crippen LogP contribution in [0.3, 0.4) is 0 Å². The van der Waals surface area contributed by atoms with Crippen LogP contribution >= 0.6 is 0 Å². The molecule has 1 fully saturated rings. The molecule has 1 amide bonds. The number of anilines is 1. The highest BCUT2D eigenvalue weighted by atomic mass is 16.1. The average molecular weight is 262 g/mol. The van der Waals surface area contributed by atoms with Gasteiger partial charge in [0.05, 0.1) is 5.41 Å². The van der Waals surface area contributed by atoms with E-state index in [-0.39, 0.29) is 5.91 Å². The van der Waals surface area contributed by atoms with Crippen LogP contribution < -0.4 is 16.4 Å². The summed E-state index contributed by atoms with van der Waals surface area (Å²) in [6, 6.07) is 2.04. The summed E-state index contributed by atoms with van der Waals surface area (Å²) in [5.74, 6) is 0.665. The Morgan fingerprint density at radius 3 is 2.74 bits per heavy atom. The molecule has 1 aromatic rings. The lowest BCUT2D eigenvalue weighted by Gasteiger charge is -2.24. The first-order valence-corrected chi connectivity index (χ1v) is 6.59. The van der Waals surface area contributed by atoms with Gasteiger partial charge in [0, 0.05) is 30.9 Å². The first-order valence-electron chi connectivity index (χ1n) is 6.59. The summed E-state index contributed by atoms with van der Waals surface area (Å²) in [7, 11) is 0. The van der Waals surface area contributed by atoms with Gasteiger partial charge in [-0.25, -0.2) is 4.98 Å². The van der Waals surface area contributed by atoms with Crippen molar-refractivity contribution in [2.24, 2.45) is 16.9 Å². The summed E-state index contributed by atoms with van der Waals surface area (Å²) in [5.41, 5.74) is 14.0. The Kier molecular flexibility index (Phi) is 3.49. The summed E-state index contributed by atoms with van der Waals surface area (Å²) in [6.45, 7) is 7.80. The predicted molar refractivity (Wildman–Crippen MR) is 75.7 cm³/mol. The quantitative estimate of drug-likeness (QED) is 0.846. The van der Waals surface area contributed by atoms with E-state index in [1.807, 2.05) is 26.8 Å². The molecule has 1 aliphatic rings. The minimum atomic E-state index is -0.467. The Labute approximate surface area is 114 Å². The fourth-order valence-electron chi connectivity index (χ4n) is 2.70. The zero-order valence-corrected chi connectivity index (χ0v) is 11.9. The van der Waals surface area contributed by atoms with Crippen LogP contribution in [0.1, 0.15) is 30.2 Å². The zero-order valence-electron chi connectivity index (χ0n) is 11.9. The van der Waals surface area contributed by atoms with Gasteiger partial charge in [0.15, 0.2) is 0 Å². The molecule has 1 unspecified atom stereocenters. The number of hydrogen-bond acceptors (Lipinski definition) is 4. The monoisotopic (exact) mass is 262 g/mol. The highest BCUT2D eigenvalue weighted by molar-refractivity contribution is 5.82. The molecule has 19 heavy (non-hydrogen) atoms. The molecule has 0 bridgehead atoms. The number of primary amides is 1. The molecule has 1 atom stereocenters. The number of amides is 1. The van der Waals surface area contributed by atoms with Gasteiger partial charge >= 0.3 is 0 Å². The van der Waals surface area contributed by atoms with Gasteiger partial charge < -0.3 is 16.4 Å². The lowest BCUT2D eigenvalue weighted by molar-refractivity contribution is -0.125. The second-order valence-corrected chi connectivity index (χ2v) is 5.68. The summed E-state index contributed by atoms with van der Waals surface area (Å²) in [6.07, 6.45) is 0.765. The summed E-state index contributed by atoms with van der Waals surface area (Å²) >= 11 is 0. The number of pyridine rings is 1. The fourth-order valence-corrected chi connectivity index (χ4v) is 2.70. The van der Waals surface area contributed by atoms with E-state index in [0.717, 1.165) is 35.6 Å². The number of rotatable bonds is 3. The van der Waals surface area contributed by atoms with Crippen molar-refractivity contribution in [3.8, 4) is 0 Å². The number of aryl methyl sites for hydroxylation is 2. The normalized spacial score (nSPS) is 22.8. The van der Waals surface area contributed by atoms with Crippen LogP contribution in [0.5, 0.6) is 0 Å². The fraction of sp³-hybridized carbons (Fsp3) is 0.571.